The van der Waals surface area contributed by atoms with E-state index in [0.29, 0.717) is 17.8 Å². The fraction of sp³-hybridized carbons (Fsp3) is 0.261. The lowest BCUT2D eigenvalue weighted by molar-refractivity contribution is -0.117. The van der Waals surface area contributed by atoms with E-state index in [4.69, 9.17) is 0 Å². The average Bonchev–Trinajstić information content (AvgIpc) is 3.47. The van der Waals surface area contributed by atoms with Crippen LogP contribution in [0.4, 0.5) is 5.69 Å². The SMILES string of the molecule is CN(C)Cc1[nH]c2cc(NC(=O)C3CC3c3ccccc3)cc3c2c1C=NNC3=O. The molecule has 5 rings (SSSR count). The minimum Gasteiger partial charge on any atom is -0.357 e. The molecular weight excluding hydrogens is 378 g/mol. The predicted molar refractivity (Wildman–Crippen MR) is 117 cm³/mol. The van der Waals surface area contributed by atoms with E-state index in [1.807, 2.05) is 43.3 Å². The van der Waals surface area contributed by atoms with Gasteiger partial charge < -0.3 is 15.2 Å². The number of hydrazone groups is 1. The highest BCUT2D eigenvalue weighted by Crippen LogP contribution is 2.48. The second-order valence-corrected chi connectivity index (χ2v) is 8.25. The van der Waals surface area contributed by atoms with Crippen molar-refractivity contribution in [3.05, 3.63) is 64.8 Å². The molecule has 1 aromatic heterocycles. The van der Waals surface area contributed by atoms with Gasteiger partial charge in [0, 0.05) is 40.3 Å². The summed E-state index contributed by atoms with van der Waals surface area (Å²) in [5.74, 6) is -0.0732. The Morgan fingerprint density at radius 1 is 1.23 bits per heavy atom. The van der Waals surface area contributed by atoms with E-state index in [9.17, 15) is 9.59 Å². The Morgan fingerprint density at radius 3 is 2.80 bits per heavy atom. The number of hydrogen-bond donors (Lipinski definition) is 3. The Bertz CT molecular complexity index is 1180. The zero-order valence-corrected chi connectivity index (χ0v) is 16.9. The number of aromatic nitrogens is 1. The Morgan fingerprint density at radius 2 is 2.03 bits per heavy atom. The number of carbonyl (C=O) groups excluding carboxylic acids is 2. The Kier molecular flexibility index (Phi) is 4.40. The van der Waals surface area contributed by atoms with Crippen LogP contribution in [0.3, 0.4) is 0 Å². The molecule has 1 aliphatic heterocycles. The molecule has 30 heavy (non-hydrogen) atoms. The third-order valence-electron chi connectivity index (χ3n) is 5.72. The van der Waals surface area contributed by atoms with E-state index in [2.05, 4.69) is 33.0 Å². The van der Waals surface area contributed by atoms with Gasteiger partial charge in [-0.2, -0.15) is 5.10 Å². The fourth-order valence-corrected chi connectivity index (χ4v) is 4.25. The summed E-state index contributed by atoms with van der Waals surface area (Å²) < 4.78 is 0. The number of nitrogens with one attached hydrogen (secondary N) is 3. The summed E-state index contributed by atoms with van der Waals surface area (Å²) in [6.45, 7) is 0.687. The van der Waals surface area contributed by atoms with Crippen LogP contribution < -0.4 is 10.7 Å². The van der Waals surface area contributed by atoms with Crippen LogP contribution in [0.15, 0.2) is 47.6 Å². The van der Waals surface area contributed by atoms with Crippen molar-refractivity contribution in [2.75, 3.05) is 19.4 Å². The van der Waals surface area contributed by atoms with Crippen molar-refractivity contribution in [3.8, 4) is 0 Å². The monoisotopic (exact) mass is 401 g/mol. The molecule has 2 amide bonds. The summed E-state index contributed by atoms with van der Waals surface area (Å²) in [4.78, 5) is 30.9. The van der Waals surface area contributed by atoms with E-state index < -0.39 is 0 Å². The number of aromatic amines is 1. The van der Waals surface area contributed by atoms with Gasteiger partial charge in [0.1, 0.15) is 0 Å². The second-order valence-electron chi connectivity index (χ2n) is 8.25. The number of carbonyl (C=O) groups is 2. The maximum absolute atomic E-state index is 12.8. The number of H-pyrrole nitrogens is 1. The van der Waals surface area contributed by atoms with Gasteiger partial charge in [-0.3, -0.25) is 9.59 Å². The molecule has 3 N–H and O–H groups in total. The predicted octanol–water partition coefficient (Wildman–Crippen LogP) is 3.05. The van der Waals surface area contributed by atoms with Gasteiger partial charge in [0.2, 0.25) is 5.91 Å². The van der Waals surface area contributed by atoms with Gasteiger partial charge in [-0.25, -0.2) is 5.43 Å². The molecule has 0 spiro atoms. The standard InChI is InChI=1S/C23H23N5O2/c1-28(2)12-20-18-11-24-27-23(30)17-8-14(9-19(26-20)21(17)18)25-22(29)16-10-15(16)13-6-4-3-5-7-13/h3-9,11,15-16,26H,10,12H2,1-2H3,(H,25,29)(H,27,30). The fourth-order valence-electron chi connectivity index (χ4n) is 4.25. The van der Waals surface area contributed by atoms with Crippen LogP contribution in [-0.4, -0.2) is 42.0 Å². The van der Waals surface area contributed by atoms with Crippen molar-refractivity contribution >= 4 is 34.6 Å². The van der Waals surface area contributed by atoms with Gasteiger partial charge in [0.25, 0.3) is 5.91 Å². The first kappa shape index (κ1) is 18.6. The number of benzene rings is 2. The highest BCUT2D eigenvalue weighted by molar-refractivity contribution is 6.16. The maximum Gasteiger partial charge on any atom is 0.272 e. The molecule has 7 heteroatoms. The molecule has 1 saturated carbocycles. The first-order valence-electron chi connectivity index (χ1n) is 10.0. The summed E-state index contributed by atoms with van der Waals surface area (Å²) in [7, 11) is 3.97. The Balaban J connectivity index is 1.45. The van der Waals surface area contributed by atoms with E-state index in [-0.39, 0.29) is 23.7 Å². The van der Waals surface area contributed by atoms with Crippen molar-refractivity contribution in [1.29, 1.82) is 0 Å². The lowest BCUT2D eigenvalue weighted by Gasteiger charge is -2.08. The van der Waals surface area contributed by atoms with Crippen LogP contribution in [0, 0.1) is 5.92 Å². The molecule has 2 aromatic carbocycles. The van der Waals surface area contributed by atoms with Gasteiger partial charge >= 0.3 is 0 Å². The number of rotatable bonds is 5. The van der Waals surface area contributed by atoms with Crippen molar-refractivity contribution < 1.29 is 9.59 Å². The van der Waals surface area contributed by atoms with Crippen LogP contribution in [0.25, 0.3) is 10.9 Å². The van der Waals surface area contributed by atoms with Crippen LogP contribution in [0.5, 0.6) is 0 Å². The number of nitrogens with zero attached hydrogens (tertiary/aromatic N) is 2. The molecule has 2 atom stereocenters. The van der Waals surface area contributed by atoms with Crippen LogP contribution in [-0.2, 0) is 11.3 Å². The molecule has 2 heterocycles. The molecule has 152 valence electrons. The smallest absolute Gasteiger partial charge is 0.272 e. The summed E-state index contributed by atoms with van der Waals surface area (Å²) in [5, 5.41) is 7.90. The van der Waals surface area contributed by atoms with Crippen LogP contribution >= 0.6 is 0 Å². The minimum absolute atomic E-state index is 0.0130. The number of anilines is 1. The maximum atomic E-state index is 12.8. The van der Waals surface area contributed by atoms with Gasteiger partial charge in [-0.15, -0.1) is 0 Å². The topological polar surface area (TPSA) is 89.6 Å². The van der Waals surface area contributed by atoms with Crippen molar-refractivity contribution in [2.24, 2.45) is 11.0 Å². The van der Waals surface area contributed by atoms with Crippen molar-refractivity contribution in [3.63, 3.8) is 0 Å². The summed E-state index contributed by atoms with van der Waals surface area (Å²) in [5.41, 5.74) is 7.56. The van der Waals surface area contributed by atoms with E-state index in [1.54, 1.807) is 12.3 Å². The minimum atomic E-state index is -0.282. The molecule has 2 aliphatic rings. The van der Waals surface area contributed by atoms with E-state index in [0.717, 1.165) is 28.6 Å². The molecule has 0 bridgehead atoms. The third-order valence-corrected chi connectivity index (χ3v) is 5.72. The van der Waals surface area contributed by atoms with E-state index in [1.165, 1.54) is 5.56 Å². The van der Waals surface area contributed by atoms with Gasteiger partial charge in [-0.05, 0) is 44.1 Å². The molecule has 2 unspecified atom stereocenters. The quantitative estimate of drug-likeness (QED) is 0.614. The third kappa shape index (κ3) is 3.27. The summed E-state index contributed by atoms with van der Waals surface area (Å²) in [6, 6.07) is 13.7. The zero-order chi connectivity index (χ0) is 20.8. The molecule has 7 nitrogen and oxygen atoms in total. The van der Waals surface area contributed by atoms with Gasteiger partial charge in [0.15, 0.2) is 0 Å². The lowest BCUT2D eigenvalue weighted by Crippen LogP contribution is -2.18. The van der Waals surface area contributed by atoms with Crippen molar-refractivity contribution in [1.82, 2.24) is 15.3 Å². The normalized spacial score (nSPS) is 19.6. The van der Waals surface area contributed by atoms with Crippen molar-refractivity contribution in [2.45, 2.75) is 18.9 Å². The summed E-state index contributed by atoms with van der Waals surface area (Å²) in [6.07, 6.45) is 2.53. The van der Waals surface area contributed by atoms with Gasteiger partial charge in [0.05, 0.1) is 11.8 Å². The molecule has 1 fully saturated rings. The zero-order valence-electron chi connectivity index (χ0n) is 16.9. The second kappa shape index (κ2) is 7.11. The molecular formula is C23H23N5O2. The van der Waals surface area contributed by atoms with Crippen LogP contribution in [0.2, 0.25) is 0 Å². The molecule has 0 radical (unpaired) electrons. The Labute approximate surface area is 174 Å². The highest BCUT2D eigenvalue weighted by atomic mass is 16.2. The highest BCUT2D eigenvalue weighted by Gasteiger charge is 2.43. The molecule has 1 aliphatic carbocycles. The average molecular weight is 401 g/mol. The first-order valence-corrected chi connectivity index (χ1v) is 10.0. The first-order chi connectivity index (χ1) is 14.5. The molecule has 3 aromatic rings. The lowest BCUT2D eigenvalue weighted by atomic mass is 10.0. The molecule has 0 saturated heterocycles. The number of hydrogen-bond acceptors (Lipinski definition) is 4. The number of amides is 2. The summed E-state index contributed by atoms with van der Waals surface area (Å²) >= 11 is 0. The van der Waals surface area contributed by atoms with Crippen LogP contribution in [0.1, 0.15) is 39.5 Å². The largest absolute Gasteiger partial charge is 0.357 e. The Hall–Kier alpha value is -3.45. The van der Waals surface area contributed by atoms with E-state index >= 15 is 0 Å². The van der Waals surface area contributed by atoms with Gasteiger partial charge in [-0.1, -0.05) is 30.3 Å².